The fraction of sp³-hybridized carbons (Fsp3) is 0.474. The molecule has 1 aromatic carbocycles. The van der Waals surface area contributed by atoms with Gasteiger partial charge in [-0.2, -0.15) is 0 Å². The van der Waals surface area contributed by atoms with Crippen LogP contribution in [-0.4, -0.2) is 55.6 Å². The molecule has 27 heavy (non-hydrogen) atoms. The third-order valence-electron chi connectivity index (χ3n) is 4.95. The molecule has 1 aromatic heterocycles. The van der Waals surface area contributed by atoms with Crippen molar-refractivity contribution in [2.24, 2.45) is 0 Å². The van der Waals surface area contributed by atoms with E-state index < -0.39 is 21.5 Å². The summed E-state index contributed by atoms with van der Waals surface area (Å²) in [6.45, 7) is 1.59. The van der Waals surface area contributed by atoms with Gasteiger partial charge in [0.15, 0.2) is 9.84 Å². The summed E-state index contributed by atoms with van der Waals surface area (Å²) in [7, 11) is -2.40. The Morgan fingerprint density at radius 2 is 1.74 bits per heavy atom. The number of nitrogens with zero attached hydrogens (tertiary/aromatic N) is 2. The first kappa shape index (κ1) is 19.4. The van der Waals surface area contributed by atoms with Gasteiger partial charge in [-0.3, -0.25) is 9.59 Å². The molecular formula is C19H25N3O4S. The molecule has 0 spiro atoms. The number of aromatic nitrogens is 1. The molecule has 8 heteroatoms. The van der Waals surface area contributed by atoms with Crippen LogP contribution >= 0.6 is 0 Å². The average Bonchev–Trinajstić information content (AvgIpc) is 2.83. The van der Waals surface area contributed by atoms with Crippen LogP contribution in [0.2, 0.25) is 0 Å². The molecule has 2 amide bonds. The quantitative estimate of drug-likeness (QED) is 0.838. The van der Waals surface area contributed by atoms with Crippen LogP contribution in [-0.2, 0) is 26.0 Å². The van der Waals surface area contributed by atoms with Crippen LogP contribution in [0.25, 0.3) is 10.9 Å². The molecule has 0 bridgehead atoms. The number of carbonyl (C=O) groups excluding carboxylic acids is 2. The zero-order valence-electron chi connectivity index (χ0n) is 15.5. The Morgan fingerprint density at radius 3 is 2.41 bits per heavy atom. The van der Waals surface area contributed by atoms with E-state index in [-0.39, 0.29) is 17.3 Å². The Balaban J connectivity index is 1.93. The maximum Gasteiger partial charge on any atom is 0.242 e. The zero-order valence-corrected chi connectivity index (χ0v) is 16.3. The molecule has 0 aliphatic carbocycles. The van der Waals surface area contributed by atoms with Crippen LogP contribution in [0.5, 0.6) is 0 Å². The van der Waals surface area contributed by atoms with E-state index in [1.54, 1.807) is 22.8 Å². The van der Waals surface area contributed by atoms with Crippen molar-refractivity contribution in [2.45, 2.75) is 37.1 Å². The number of nitrogens with one attached hydrogen (secondary N) is 1. The Morgan fingerprint density at radius 1 is 1.07 bits per heavy atom. The normalized spacial score (nSPS) is 15.5. The van der Waals surface area contributed by atoms with E-state index in [9.17, 15) is 18.0 Å². The van der Waals surface area contributed by atoms with Crippen molar-refractivity contribution in [3.05, 3.63) is 30.5 Å². The van der Waals surface area contributed by atoms with E-state index in [0.717, 1.165) is 38.8 Å². The lowest BCUT2D eigenvalue weighted by Crippen LogP contribution is -2.34. The molecule has 146 valence electrons. The SMILES string of the molecule is CNC(=O)CS(=O)(=O)c1cn(CC(=O)N2CCCCCC2)c2ccccc12. The van der Waals surface area contributed by atoms with Gasteiger partial charge < -0.3 is 14.8 Å². The summed E-state index contributed by atoms with van der Waals surface area (Å²) in [5.74, 6) is -1.18. The van der Waals surface area contributed by atoms with E-state index in [2.05, 4.69) is 5.32 Å². The summed E-state index contributed by atoms with van der Waals surface area (Å²) in [6.07, 6.45) is 5.77. The molecule has 0 radical (unpaired) electrons. The highest BCUT2D eigenvalue weighted by molar-refractivity contribution is 7.92. The number of hydrogen-bond donors (Lipinski definition) is 1. The van der Waals surface area contributed by atoms with Crippen molar-refractivity contribution in [1.82, 2.24) is 14.8 Å². The third-order valence-corrected chi connectivity index (χ3v) is 6.59. The number of para-hydroxylation sites is 1. The van der Waals surface area contributed by atoms with Gasteiger partial charge in [-0.05, 0) is 18.9 Å². The second kappa shape index (κ2) is 8.12. The molecule has 0 saturated carbocycles. The van der Waals surface area contributed by atoms with Crippen molar-refractivity contribution in [2.75, 3.05) is 25.9 Å². The number of hydrogen-bond acceptors (Lipinski definition) is 4. The van der Waals surface area contributed by atoms with Gasteiger partial charge in [-0.1, -0.05) is 31.0 Å². The van der Waals surface area contributed by atoms with E-state index in [0.29, 0.717) is 10.9 Å². The second-order valence-electron chi connectivity index (χ2n) is 6.87. The molecule has 1 aliphatic rings. The van der Waals surface area contributed by atoms with Gasteiger partial charge in [0, 0.05) is 37.2 Å². The third kappa shape index (κ3) is 4.32. The summed E-state index contributed by atoms with van der Waals surface area (Å²) in [5.41, 5.74) is 0.677. The average molecular weight is 391 g/mol. The Bertz CT molecular complexity index is 941. The highest BCUT2D eigenvalue weighted by Gasteiger charge is 2.25. The molecule has 0 atom stereocenters. The lowest BCUT2D eigenvalue weighted by Gasteiger charge is -2.20. The van der Waals surface area contributed by atoms with Crippen molar-refractivity contribution in [3.63, 3.8) is 0 Å². The standard InChI is InChI=1S/C19H25N3O4S/c1-20-18(23)14-27(25,26)17-12-22(16-9-5-4-8-15(16)17)13-19(24)21-10-6-2-3-7-11-21/h4-5,8-9,12H,2-3,6-7,10-11,13-14H2,1H3,(H,20,23). The summed E-state index contributed by atoms with van der Waals surface area (Å²) >= 11 is 0. The fourth-order valence-electron chi connectivity index (χ4n) is 3.48. The minimum Gasteiger partial charge on any atom is -0.358 e. The molecule has 1 saturated heterocycles. The van der Waals surface area contributed by atoms with Crippen LogP contribution < -0.4 is 5.32 Å². The fourth-order valence-corrected chi connectivity index (χ4v) is 4.92. The minimum atomic E-state index is -3.80. The summed E-state index contributed by atoms with van der Waals surface area (Å²) in [5, 5.41) is 2.87. The molecule has 2 aromatic rings. The van der Waals surface area contributed by atoms with E-state index in [4.69, 9.17) is 0 Å². The van der Waals surface area contributed by atoms with Gasteiger partial charge in [0.2, 0.25) is 11.8 Å². The zero-order chi connectivity index (χ0) is 19.4. The predicted octanol–water partition coefficient (Wildman–Crippen LogP) is 1.56. The van der Waals surface area contributed by atoms with Crippen LogP contribution in [0.1, 0.15) is 25.7 Å². The molecule has 2 heterocycles. The minimum absolute atomic E-state index is 0.00657. The number of likely N-dealkylation sites (tertiary alicyclic amines) is 1. The smallest absolute Gasteiger partial charge is 0.242 e. The number of rotatable bonds is 5. The first-order valence-corrected chi connectivity index (χ1v) is 10.9. The lowest BCUT2D eigenvalue weighted by molar-refractivity contribution is -0.131. The number of sulfone groups is 1. The largest absolute Gasteiger partial charge is 0.358 e. The topological polar surface area (TPSA) is 88.5 Å². The van der Waals surface area contributed by atoms with Crippen LogP contribution in [0.3, 0.4) is 0 Å². The first-order chi connectivity index (χ1) is 12.9. The molecule has 1 N–H and O–H groups in total. The second-order valence-corrected chi connectivity index (χ2v) is 8.82. The van der Waals surface area contributed by atoms with Gasteiger partial charge in [-0.15, -0.1) is 0 Å². The molecule has 7 nitrogen and oxygen atoms in total. The first-order valence-electron chi connectivity index (χ1n) is 9.21. The number of amides is 2. The monoisotopic (exact) mass is 391 g/mol. The van der Waals surface area contributed by atoms with Crippen LogP contribution in [0, 0.1) is 0 Å². The van der Waals surface area contributed by atoms with Gasteiger partial charge >= 0.3 is 0 Å². The van der Waals surface area contributed by atoms with E-state index in [1.165, 1.54) is 13.2 Å². The highest BCUT2D eigenvalue weighted by Crippen LogP contribution is 2.26. The summed E-state index contributed by atoms with van der Waals surface area (Å²) in [4.78, 5) is 26.3. The summed E-state index contributed by atoms with van der Waals surface area (Å²) < 4.78 is 27.1. The molecular weight excluding hydrogens is 366 g/mol. The maximum absolute atomic E-state index is 12.7. The van der Waals surface area contributed by atoms with Crippen molar-refractivity contribution in [1.29, 1.82) is 0 Å². The van der Waals surface area contributed by atoms with E-state index in [1.807, 2.05) is 11.0 Å². The Labute approximate surface area is 159 Å². The van der Waals surface area contributed by atoms with E-state index >= 15 is 0 Å². The molecule has 1 fully saturated rings. The number of carbonyl (C=O) groups is 2. The highest BCUT2D eigenvalue weighted by atomic mass is 32.2. The van der Waals surface area contributed by atoms with Crippen LogP contribution in [0.15, 0.2) is 35.4 Å². The van der Waals surface area contributed by atoms with Crippen molar-refractivity contribution < 1.29 is 18.0 Å². The number of benzene rings is 1. The van der Waals surface area contributed by atoms with Crippen molar-refractivity contribution in [3.8, 4) is 0 Å². The summed E-state index contributed by atoms with van der Waals surface area (Å²) in [6, 6.07) is 7.07. The Hall–Kier alpha value is -2.35. The molecule has 0 unspecified atom stereocenters. The van der Waals surface area contributed by atoms with Crippen LogP contribution in [0.4, 0.5) is 0 Å². The predicted molar refractivity (Wildman–Crippen MR) is 103 cm³/mol. The number of fused-ring (bicyclic) bond motifs is 1. The molecule has 3 rings (SSSR count). The van der Waals surface area contributed by atoms with Crippen molar-refractivity contribution >= 4 is 32.6 Å². The lowest BCUT2D eigenvalue weighted by atomic mass is 10.2. The molecule has 1 aliphatic heterocycles. The van der Waals surface area contributed by atoms with Gasteiger partial charge in [-0.25, -0.2) is 8.42 Å². The van der Waals surface area contributed by atoms with Gasteiger partial charge in [0.1, 0.15) is 12.3 Å². The van der Waals surface area contributed by atoms with Gasteiger partial charge in [0.05, 0.1) is 4.90 Å². The van der Waals surface area contributed by atoms with Gasteiger partial charge in [0.25, 0.3) is 0 Å². The Kier molecular flexibility index (Phi) is 5.84. The maximum atomic E-state index is 12.7.